The number of carbonyl (C=O) groups excluding carboxylic acids is 1. The fraction of sp³-hybridized carbons (Fsp3) is 0.0625. The molecule has 0 aliphatic carbocycles. The van der Waals surface area contributed by atoms with E-state index in [1.165, 1.54) is 18.2 Å². The van der Waals surface area contributed by atoms with Crippen LogP contribution in [0.15, 0.2) is 52.7 Å². The first-order valence-corrected chi connectivity index (χ1v) is 6.61. The smallest absolute Gasteiger partial charge is 0.295 e. The van der Waals surface area contributed by atoms with Gasteiger partial charge in [-0.05, 0) is 37.3 Å². The third-order valence-corrected chi connectivity index (χ3v) is 3.24. The average Bonchev–Trinajstić information content (AvgIpc) is 2.80. The van der Waals surface area contributed by atoms with Crippen molar-refractivity contribution in [2.24, 2.45) is 10.2 Å². The lowest BCUT2D eigenvalue weighted by molar-refractivity contribution is 0.0994. The molecular formula is C16H13N3O3. The molecule has 0 spiro atoms. The van der Waals surface area contributed by atoms with Crippen LogP contribution in [0.5, 0.6) is 11.6 Å². The molecule has 3 N–H and O–H groups in total. The molecule has 22 heavy (non-hydrogen) atoms. The summed E-state index contributed by atoms with van der Waals surface area (Å²) in [6.07, 6.45) is 0. The quantitative estimate of drug-likeness (QED) is 0.627. The molecule has 3 rings (SSSR count). The molecule has 0 aliphatic rings. The summed E-state index contributed by atoms with van der Waals surface area (Å²) in [5, 5.41) is 27.4. The van der Waals surface area contributed by atoms with Gasteiger partial charge in [0.2, 0.25) is 5.88 Å². The van der Waals surface area contributed by atoms with Crippen LogP contribution in [-0.2, 0) is 0 Å². The number of nitrogens with zero attached hydrogens (tertiary/aromatic N) is 2. The first-order chi connectivity index (χ1) is 10.5. The second-order valence-electron chi connectivity index (χ2n) is 4.93. The summed E-state index contributed by atoms with van der Waals surface area (Å²) in [7, 11) is 0. The van der Waals surface area contributed by atoms with Crippen LogP contribution in [0.3, 0.4) is 0 Å². The lowest BCUT2D eigenvalue weighted by Gasteiger charge is -1.96. The summed E-state index contributed by atoms with van der Waals surface area (Å²) in [4.78, 5) is 14.7. The van der Waals surface area contributed by atoms with E-state index in [-0.39, 0.29) is 22.9 Å². The van der Waals surface area contributed by atoms with Crippen LogP contribution in [0, 0.1) is 6.92 Å². The van der Waals surface area contributed by atoms with Gasteiger partial charge in [0, 0.05) is 10.9 Å². The summed E-state index contributed by atoms with van der Waals surface area (Å²) in [5.74, 6) is -0.767. The van der Waals surface area contributed by atoms with Gasteiger partial charge in [0.1, 0.15) is 5.75 Å². The van der Waals surface area contributed by atoms with E-state index >= 15 is 0 Å². The average molecular weight is 295 g/mol. The zero-order chi connectivity index (χ0) is 15.7. The molecule has 0 saturated heterocycles. The maximum atomic E-state index is 11.9. The second-order valence-corrected chi connectivity index (χ2v) is 4.93. The van der Waals surface area contributed by atoms with Gasteiger partial charge in [0.05, 0.1) is 5.52 Å². The molecule has 110 valence electrons. The molecule has 1 amide bonds. The molecule has 3 aromatic rings. The van der Waals surface area contributed by atoms with Crippen LogP contribution in [0.4, 0.5) is 5.69 Å². The highest BCUT2D eigenvalue weighted by molar-refractivity contribution is 5.97. The summed E-state index contributed by atoms with van der Waals surface area (Å²) in [5.41, 5.74) is 2.15. The Labute approximate surface area is 125 Å². The fourth-order valence-electron chi connectivity index (χ4n) is 2.17. The molecule has 1 aromatic heterocycles. The number of aromatic nitrogens is 1. The molecule has 0 radical (unpaired) electrons. The van der Waals surface area contributed by atoms with Crippen LogP contribution in [0.2, 0.25) is 0 Å². The van der Waals surface area contributed by atoms with Crippen molar-refractivity contribution in [3.05, 3.63) is 53.6 Å². The highest BCUT2D eigenvalue weighted by atomic mass is 16.3. The molecule has 2 aromatic carbocycles. The maximum absolute atomic E-state index is 11.9. The zero-order valence-corrected chi connectivity index (χ0v) is 11.7. The summed E-state index contributed by atoms with van der Waals surface area (Å²) >= 11 is 0. The lowest BCUT2D eigenvalue weighted by Crippen LogP contribution is -1.92. The third kappa shape index (κ3) is 2.54. The van der Waals surface area contributed by atoms with E-state index < -0.39 is 5.91 Å². The van der Waals surface area contributed by atoms with Gasteiger partial charge in [-0.2, -0.15) is 0 Å². The predicted molar refractivity (Wildman–Crippen MR) is 81.7 cm³/mol. The minimum absolute atomic E-state index is 0.0217. The van der Waals surface area contributed by atoms with Gasteiger partial charge in [-0.3, -0.25) is 4.79 Å². The Bertz CT molecular complexity index is 897. The number of aryl methyl sites for hydroxylation is 1. The summed E-state index contributed by atoms with van der Waals surface area (Å²) < 4.78 is 0. The van der Waals surface area contributed by atoms with Gasteiger partial charge in [-0.1, -0.05) is 17.7 Å². The molecule has 6 nitrogen and oxygen atoms in total. The standard InChI is InChI=1S/C16H13N3O3/c1-9-5-6-13-12(7-9)14(16(22)17-13)18-19-15(21)10-3-2-4-11(20)8-10/h2-8,17,20,22H,1H3. The van der Waals surface area contributed by atoms with Crippen molar-refractivity contribution in [2.75, 3.05) is 0 Å². The Morgan fingerprint density at radius 1 is 1.14 bits per heavy atom. The van der Waals surface area contributed by atoms with E-state index in [9.17, 15) is 15.0 Å². The normalized spacial score (nSPS) is 11.3. The van der Waals surface area contributed by atoms with Crippen molar-refractivity contribution < 1.29 is 15.0 Å². The number of rotatable bonds is 2. The Morgan fingerprint density at radius 2 is 1.95 bits per heavy atom. The molecule has 0 bridgehead atoms. The number of carbonyl (C=O) groups is 1. The third-order valence-electron chi connectivity index (χ3n) is 3.24. The number of hydrogen-bond donors (Lipinski definition) is 3. The SMILES string of the molecule is Cc1ccc2[nH]c(O)c(N=NC(=O)c3cccc(O)c3)c2c1. The molecule has 1 heterocycles. The fourth-order valence-corrected chi connectivity index (χ4v) is 2.17. The Balaban J connectivity index is 1.97. The number of nitrogens with one attached hydrogen (secondary N) is 1. The minimum Gasteiger partial charge on any atom is -0.508 e. The predicted octanol–water partition coefficient (Wildman–Crippen LogP) is 3.81. The van der Waals surface area contributed by atoms with Crippen LogP contribution in [0.25, 0.3) is 10.9 Å². The highest BCUT2D eigenvalue weighted by Gasteiger charge is 2.12. The topological polar surface area (TPSA) is 98.0 Å². The van der Waals surface area contributed by atoms with Gasteiger partial charge in [-0.15, -0.1) is 10.2 Å². The summed E-state index contributed by atoms with van der Waals surface area (Å²) in [6, 6.07) is 11.4. The molecule has 0 unspecified atom stereocenters. The number of hydrogen-bond acceptors (Lipinski definition) is 4. The van der Waals surface area contributed by atoms with Gasteiger partial charge in [0.25, 0.3) is 5.91 Å². The van der Waals surface area contributed by atoms with Crippen molar-refractivity contribution in [1.29, 1.82) is 0 Å². The van der Waals surface area contributed by atoms with Crippen LogP contribution in [-0.4, -0.2) is 21.1 Å². The molecule has 6 heteroatoms. The highest BCUT2D eigenvalue weighted by Crippen LogP contribution is 2.36. The van der Waals surface area contributed by atoms with E-state index in [1.807, 2.05) is 25.1 Å². The van der Waals surface area contributed by atoms with E-state index in [1.54, 1.807) is 6.07 Å². The van der Waals surface area contributed by atoms with Gasteiger partial charge >= 0.3 is 0 Å². The van der Waals surface area contributed by atoms with Gasteiger partial charge in [-0.25, -0.2) is 0 Å². The molecular weight excluding hydrogens is 282 g/mol. The van der Waals surface area contributed by atoms with E-state index in [0.717, 1.165) is 5.56 Å². The van der Waals surface area contributed by atoms with Crippen molar-refractivity contribution in [3.63, 3.8) is 0 Å². The van der Waals surface area contributed by atoms with Crippen LogP contribution in [0.1, 0.15) is 15.9 Å². The van der Waals surface area contributed by atoms with Crippen LogP contribution < -0.4 is 0 Å². The van der Waals surface area contributed by atoms with E-state index in [2.05, 4.69) is 15.2 Å². The van der Waals surface area contributed by atoms with E-state index in [4.69, 9.17) is 0 Å². The molecule has 0 saturated carbocycles. The number of azo groups is 1. The molecule has 0 fully saturated rings. The number of aromatic amines is 1. The number of phenols is 1. The number of phenolic OH excluding ortho intramolecular Hbond substituents is 1. The van der Waals surface area contributed by atoms with E-state index in [0.29, 0.717) is 10.9 Å². The monoisotopic (exact) mass is 295 g/mol. The number of amides is 1. The molecule has 0 aliphatic heterocycles. The van der Waals surface area contributed by atoms with Gasteiger partial charge in [0.15, 0.2) is 5.69 Å². The molecule has 0 atom stereocenters. The first kappa shape index (κ1) is 13.8. The van der Waals surface area contributed by atoms with Crippen LogP contribution >= 0.6 is 0 Å². The Hall–Kier alpha value is -3.15. The van der Waals surface area contributed by atoms with Crippen molar-refractivity contribution in [1.82, 2.24) is 4.98 Å². The Kier molecular flexibility index (Phi) is 3.34. The van der Waals surface area contributed by atoms with Crippen molar-refractivity contribution in [2.45, 2.75) is 6.92 Å². The minimum atomic E-state index is -0.600. The first-order valence-electron chi connectivity index (χ1n) is 6.61. The van der Waals surface area contributed by atoms with Gasteiger partial charge < -0.3 is 15.2 Å². The number of fused-ring (bicyclic) bond motifs is 1. The zero-order valence-electron chi connectivity index (χ0n) is 11.7. The number of aromatic hydroxyl groups is 2. The number of benzene rings is 2. The largest absolute Gasteiger partial charge is 0.508 e. The summed E-state index contributed by atoms with van der Waals surface area (Å²) in [6.45, 7) is 1.92. The maximum Gasteiger partial charge on any atom is 0.295 e. The second kappa shape index (κ2) is 5.33. The Morgan fingerprint density at radius 3 is 2.73 bits per heavy atom. The van der Waals surface area contributed by atoms with Crippen molar-refractivity contribution >= 4 is 22.5 Å². The number of H-pyrrole nitrogens is 1. The lowest BCUT2D eigenvalue weighted by atomic mass is 10.1. The van der Waals surface area contributed by atoms with Crippen molar-refractivity contribution in [3.8, 4) is 11.6 Å².